The number of aromatic hydroxyl groups is 1. The Labute approximate surface area is 126 Å². The van der Waals surface area contributed by atoms with Crippen LogP contribution in [0.25, 0.3) is 0 Å². The zero-order chi connectivity index (χ0) is 16.9. The summed E-state index contributed by atoms with van der Waals surface area (Å²) in [5.41, 5.74) is 5.82. The van der Waals surface area contributed by atoms with Gasteiger partial charge in [-0.2, -0.15) is 8.42 Å². The van der Waals surface area contributed by atoms with Crippen molar-refractivity contribution in [1.29, 1.82) is 0 Å². The number of rotatable bonds is 7. The zero-order valence-electron chi connectivity index (χ0n) is 11.3. The average Bonchev–Trinajstić information content (AvgIpc) is 2.38. The lowest BCUT2D eigenvalue weighted by atomic mass is 10.1. The van der Waals surface area contributed by atoms with Crippen molar-refractivity contribution in [3.63, 3.8) is 0 Å². The number of aliphatic carboxylic acids is 1. The summed E-state index contributed by atoms with van der Waals surface area (Å²) in [6.45, 7) is 0. The van der Waals surface area contributed by atoms with E-state index in [1.165, 1.54) is 24.3 Å². The normalized spacial score (nSPS) is 14.1. The number of phenolic OH excluding ortho intramolecular Hbond substituents is 1. The topological polar surface area (TPSA) is 167 Å². The minimum atomic E-state index is -4.45. The predicted octanol–water partition coefficient (Wildman–Crippen LogP) is -1.28. The summed E-state index contributed by atoms with van der Waals surface area (Å²) in [6, 6.07) is 2.77. The van der Waals surface area contributed by atoms with Gasteiger partial charge in [-0.25, -0.2) is 4.79 Å². The third kappa shape index (κ3) is 6.08. The minimum absolute atomic E-state index is 0.00911. The fourth-order valence-corrected chi connectivity index (χ4v) is 2.25. The molecule has 0 aliphatic heterocycles. The first-order chi connectivity index (χ1) is 10.1. The molecule has 0 fully saturated rings. The highest BCUT2D eigenvalue weighted by Crippen LogP contribution is 2.11. The molecule has 22 heavy (non-hydrogen) atoms. The van der Waals surface area contributed by atoms with E-state index in [2.05, 4.69) is 5.32 Å². The maximum atomic E-state index is 11.7. The van der Waals surface area contributed by atoms with Gasteiger partial charge in [-0.3, -0.25) is 9.35 Å². The molecule has 1 amide bonds. The van der Waals surface area contributed by atoms with Crippen LogP contribution in [0, 0.1) is 0 Å². The van der Waals surface area contributed by atoms with E-state index < -0.39 is 39.8 Å². The third-order valence-electron chi connectivity index (χ3n) is 2.72. The fourth-order valence-electron chi connectivity index (χ4n) is 1.65. The summed E-state index contributed by atoms with van der Waals surface area (Å²) in [6.07, 6.45) is -0.0834. The van der Waals surface area contributed by atoms with Gasteiger partial charge in [0.25, 0.3) is 10.1 Å². The molecule has 0 aromatic heterocycles. The highest BCUT2D eigenvalue weighted by atomic mass is 32.2. The van der Waals surface area contributed by atoms with Gasteiger partial charge < -0.3 is 21.3 Å². The van der Waals surface area contributed by atoms with Gasteiger partial charge in [0.1, 0.15) is 17.8 Å². The Balaban J connectivity index is 2.74. The number of carbonyl (C=O) groups excluding carboxylic acids is 1. The minimum Gasteiger partial charge on any atom is -0.508 e. The van der Waals surface area contributed by atoms with Crippen molar-refractivity contribution in [1.82, 2.24) is 5.32 Å². The molecule has 6 N–H and O–H groups in total. The Morgan fingerprint density at radius 1 is 1.23 bits per heavy atom. The Bertz CT molecular complexity index is 642. The lowest BCUT2D eigenvalue weighted by molar-refractivity contribution is -0.141. The molecule has 0 radical (unpaired) electrons. The van der Waals surface area contributed by atoms with Crippen molar-refractivity contribution >= 4 is 22.0 Å². The second kappa shape index (κ2) is 7.20. The van der Waals surface area contributed by atoms with Crippen LogP contribution in [0.2, 0.25) is 0 Å². The molecule has 1 rings (SSSR count). The molecule has 122 valence electrons. The first-order valence-electron chi connectivity index (χ1n) is 6.10. The molecule has 9 nitrogen and oxygen atoms in total. The summed E-state index contributed by atoms with van der Waals surface area (Å²) < 4.78 is 29.9. The summed E-state index contributed by atoms with van der Waals surface area (Å²) in [7, 11) is -4.45. The van der Waals surface area contributed by atoms with E-state index in [1.807, 2.05) is 0 Å². The van der Waals surface area contributed by atoms with Crippen molar-refractivity contribution in [2.45, 2.75) is 18.5 Å². The van der Waals surface area contributed by atoms with E-state index in [0.29, 0.717) is 5.56 Å². The lowest BCUT2D eigenvalue weighted by Crippen LogP contribution is -2.51. The molecule has 1 aromatic rings. The molecule has 1 aromatic carbocycles. The van der Waals surface area contributed by atoms with E-state index in [-0.39, 0.29) is 12.2 Å². The lowest BCUT2D eigenvalue weighted by Gasteiger charge is -2.17. The van der Waals surface area contributed by atoms with Gasteiger partial charge in [-0.1, -0.05) is 12.1 Å². The molecule has 10 heteroatoms. The standard InChI is InChI=1S/C12H16N2O7S/c13-9(6-22(19,20)21)11(16)14-10(12(17)18)5-7-1-3-8(15)4-2-7/h1-4,9-10,15H,5-6,13H2,(H,14,16)(H,17,18)(H,19,20,21). The fraction of sp³-hybridized carbons (Fsp3) is 0.333. The molecular weight excluding hydrogens is 316 g/mol. The number of hydrogen-bond acceptors (Lipinski definition) is 6. The Morgan fingerprint density at radius 2 is 1.77 bits per heavy atom. The first-order valence-corrected chi connectivity index (χ1v) is 7.71. The van der Waals surface area contributed by atoms with Crippen LogP contribution < -0.4 is 11.1 Å². The number of phenols is 1. The quantitative estimate of drug-likeness (QED) is 0.385. The summed E-state index contributed by atoms with van der Waals surface area (Å²) >= 11 is 0. The van der Waals surface area contributed by atoms with Crippen molar-refractivity contribution in [3.05, 3.63) is 29.8 Å². The smallest absolute Gasteiger partial charge is 0.326 e. The highest BCUT2D eigenvalue weighted by molar-refractivity contribution is 7.85. The maximum absolute atomic E-state index is 11.7. The van der Waals surface area contributed by atoms with Crippen molar-refractivity contribution in [3.8, 4) is 5.75 Å². The van der Waals surface area contributed by atoms with Crippen LogP contribution in [-0.2, 0) is 26.1 Å². The van der Waals surface area contributed by atoms with Gasteiger partial charge in [0.2, 0.25) is 5.91 Å². The van der Waals surface area contributed by atoms with Crippen LogP contribution in [0.3, 0.4) is 0 Å². The van der Waals surface area contributed by atoms with Crippen LogP contribution in [0.1, 0.15) is 5.56 Å². The van der Waals surface area contributed by atoms with E-state index >= 15 is 0 Å². The second-order valence-electron chi connectivity index (χ2n) is 4.63. The van der Waals surface area contributed by atoms with Crippen LogP contribution >= 0.6 is 0 Å². The van der Waals surface area contributed by atoms with Crippen LogP contribution in [-0.4, -0.2) is 52.9 Å². The van der Waals surface area contributed by atoms with Gasteiger partial charge in [0.15, 0.2) is 0 Å². The SMILES string of the molecule is NC(CS(=O)(=O)O)C(=O)NC(Cc1ccc(O)cc1)C(=O)O. The third-order valence-corrected chi connectivity index (χ3v) is 3.50. The van der Waals surface area contributed by atoms with E-state index in [4.69, 9.17) is 20.5 Å². The number of carboxylic acid groups (broad SMARTS) is 1. The van der Waals surface area contributed by atoms with E-state index in [0.717, 1.165) is 0 Å². The Morgan fingerprint density at radius 3 is 2.23 bits per heavy atom. The molecule has 0 heterocycles. The zero-order valence-corrected chi connectivity index (χ0v) is 12.2. The van der Waals surface area contributed by atoms with Gasteiger partial charge in [-0.05, 0) is 17.7 Å². The molecule has 0 aliphatic rings. The molecule has 2 unspecified atom stereocenters. The van der Waals surface area contributed by atoms with Crippen LogP contribution in [0.15, 0.2) is 24.3 Å². The predicted molar refractivity (Wildman–Crippen MR) is 75.8 cm³/mol. The largest absolute Gasteiger partial charge is 0.508 e. The molecule has 0 saturated heterocycles. The number of carboxylic acids is 1. The van der Waals surface area contributed by atoms with Gasteiger partial charge >= 0.3 is 5.97 Å². The highest BCUT2D eigenvalue weighted by Gasteiger charge is 2.26. The first kappa shape index (κ1) is 17.9. The number of hydrogen-bond donors (Lipinski definition) is 5. The van der Waals surface area contributed by atoms with Crippen molar-refractivity contribution in [2.75, 3.05) is 5.75 Å². The van der Waals surface area contributed by atoms with E-state index in [9.17, 15) is 18.0 Å². The van der Waals surface area contributed by atoms with Gasteiger partial charge in [0.05, 0.1) is 5.75 Å². The molecule has 0 spiro atoms. The molecule has 0 saturated carbocycles. The molecule has 0 aliphatic carbocycles. The second-order valence-corrected chi connectivity index (χ2v) is 6.12. The number of nitrogens with one attached hydrogen (secondary N) is 1. The average molecular weight is 332 g/mol. The number of amides is 1. The van der Waals surface area contributed by atoms with Crippen LogP contribution in [0.4, 0.5) is 0 Å². The maximum Gasteiger partial charge on any atom is 0.326 e. The monoisotopic (exact) mass is 332 g/mol. The van der Waals surface area contributed by atoms with Crippen molar-refractivity contribution < 1.29 is 32.8 Å². The molecular formula is C12H16N2O7S. The van der Waals surface area contributed by atoms with Gasteiger partial charge in [-0.15, -0.1) is 0 Å². The molecule has 0 bridgehead atoms. The number of benzene rings is 1. The summed E-state index contributed by atoms with van der Waals surface area (Å²) in [5.74, 6) is -3.34. The number of carbonyl (C=O) groups is 2. The Hall–Kier alpha value is -2.17. The van der Waals surface area contributed by atoms with Crippen LogP contribution in [0.5, 0.6) is 5.75 Å². The summed E-state index contributed by atoms with van der Waals surface area (Å²) in [4.78, 5) is 22.8. The summed E-state index contributed by atoms with van der Waals surface area (Å²) in [5, 5.41) is 20.3. The number of nitrogens with two attached hydrogens (primary N) is 1. The van der Waals surface area contributed by atoms with Crippen molar-refractivity contribution in [2.24, 2.45) is 5.73 Å². The molecule has 2 atom stereocenters. The van der Waals surface area contributed by atoms with Gasteiger partial charge in [0, 0.05) is 6.42 Å². The Kier molecular flexibility index (Phi) is 5.85. The van der Waals surface area contributed by atoms with E-state index in [1.54, 1.807) is 0 Å².